The number of aromatic amines is 1. The highest BCUT2D eigenvalue weighted by Crippen LogP contribution is 2.41. The highest BCUT2D eigenvalue weighted by Gasteiger charge is 2.40. The van der Waals surface area contributed by atoms with Crippen LogP contribution in [0.3, 0.4) is 0 Å². The van der Waals surface area contributed by atoms with Crippen LogP contribution in [-0.4, -0.2) is 29.1 Å². The van der Waals surface area contributed by atoms with Crippen molar-refractivity contribution < 1.29 is 14.3 Å². The molecule has 2 aromatic carbocycles. The number of nitrogens with zero attached hydrogens (tertiary/aromatic N) is 2. The molecule has 0 radical (unpaired) electrons. The second-order valence-corrected chi connectivity index (χ2v) is 8.08. The Kier molecular flexibility index (Phi) is 5.36. The molecule has 2 atom stereocenters. The van der Waals surface area contributed by atoms with Crippen molar-refractivity contribution in [2.75, 3.05) is 23.8 Å². The van der Waals surface area contributed by atoms with Crippen LogP contribution in [0.2, 0.25) is 5.02 Å². The molecule has 5 rings (SSSR count). The number of halogens is 1. The Hall–Kier alpha value is -4.03. The van der Waals surface area contributed by atoms with Gasteiger partial charge in [-0.1, -0.05) is 23.7 Å². The Labute approximate surface area is 193 Å². The molecule has 2 unspecified atom stereocenters. The molecule has 3 aromatic rings. The second-order valence-electron chi connectivity index (χ2n) is 7.64. The number of ether oxygens (including phenoxy) is 2. The first-order valence-electron chi connectivity index (χ1n) is 10.3. The van der Waals surface area contributed by atoms with E-state index in [0.29, 0.717) is 41.0 Å². The van der Waals surface area contributed by atoms with E-state index in [1.165, 1.54) is 0 Å². The lowest BCUT2D eigenvalue weighted by Crippen LogP contribution is -2.38. The number of hydrogen-bond acceptors (Lipinski definition) is 7. The zero-order valence-corrected chi connectivity index (χ0v) is 18.0. The van der Waals surface area contributed by atoms with Gasteiger partial charge in [0.25, 0.3) is 5.56 Å². The van der Waals surface area contributed by atoms with Crippen molar-refractivity contribution in [2.45, 2.75) is 12.3 Å². The van der Waals surface area contributed by atoms with E-state index in [4.69, 9.17) is 21.1 Å². The third-order valence-corrected chi connectivity index (χ3v) is 5.72. The number of nitrogens with one attached hydrogen (secondary N) is 3. The molecule has 0 bridgehead atoms. The van der Waals surface area contributed by atoms with Gasteiger partial charge in [0.1, 0.15) is 11.7 Å². The van der Waals surface area contributed by atoms with Crippen molar-refractivity contribution in [1.29, 1.82) is 5.26 Å². The quantitative estimate of drug-likeness (QED) is 0.541. The SMILES string of the molecule is N#CC1C(=O)Nc2nc(Nc3cccc(Cl)c3)[nH]c(=O)c2C1c1ccc2c(c1)OCCCO2. The summed E-state index contributed by atoms with van der Waals surface area (Å²) >= 11 is 6.02. The molecule has 9 nitrogen and oxygen atoms in total. The lowest BCUT2D eigenvalue weighted by Gasteiger charge is -2.28. The molecule has 0 saturated carbocycles. The number of carbonyl (C=O) groups excluding carboxylic acids is 1. The van der Waals surface area contributed by atoms with Crippen molar-refractivity contribution in [2.24, 2.45) is 5.92 Å². The van der Waals surface area contributed by atoms with Gasteiger partial charge in [0.2, 0.25) is 11.9 Å². The zero-order valence-electron chi connectivity index (χ0n) is 17.2. The van der Waals surface area contributed by atoms with Crippen molar-refractivity contribution in [1.82, 2.24) is 9.97 Å². The molecule has 1 amide bonds. The van der Waals surface area contributed by atoms with Crippen molar-refractivity contribution in [3.05, 3.63) is 69.0 Å². The maximum Gasteiger partial charge on any atom is 0.258 e. The lowest BCUT2D eigenvalue weighted by molar-refractivity contribution is -0.119. The summed E-state index contributed by atoms with van der Waals surface area (Å²) in [5, 5.41) is 15.8. The van der Waals surface area contributed by atoms with Gasteiger partial charge in [-0.05, 0) is 35.9 Å². The molecule has 0 aliphatic carbocycles. The molecule has 0 saturated heterocycles. The number of fused-ring (bicyclic) bond motifs is 2. The predicted molar refractivity (Wildman–Crippen MR) is 121 cm³/mol. The van der Waals surface area contributed by atoms with E-state index in [-0.39, 0.29) is 17.3 Å². The van der Waals surface area contributed by atoms with Gasteiger partial charge in [-0.3, -0.25) is 14.6 Å². The van der Waals surface area contributed by atoms with Gasteiger partial charge in [0.05, 0.1) is 24.8 Å². The standard InChI is InChI=1S/C23H18ClN5O4/c24-13-3-1-4-14(10-13)26-23-28-20-19(22(31)29-23)18(15(11-25)21(30)27-20)12-5-6-16-17(9-12)33-8-2-7-32-16/h1,3-6,9-10,15,18H,2,7-8H2,(H3,26,27,28,29,30,31). The first kappa shape index (κ1) is 20.8. The number of nitriles is 1. The highest BCUT2D eigenvalue weighted by atomic mass is 35.5. The second kappa shape index (κ2) is 8.48. The van der Waals surface area contributed by atoms with Gasteiger partial charge in [-0.25, -0.2) is 0 Å². The minimum absolute atomic E-state index is 0.0943. The van der Waals surface area contributed by atoms with Crippen LogP contribution in [0.5, 0.6) is 11.5 Å². The summed E-state index contributed by atoms with van der Waals surface area (Å²) in [7, 11) is 0. The Balaban J connectivity index is 1.59. The smallest absolute Gasteiger partial charge is 0.258 e. The highest BCUT2D eigenvalue weighted by molar-refractivity contribution is 6.30. The van der Waals surface area contributed by atoms with Crippen molar-refractivity contribution in [3.8, 4) is 17.6 Å². The molecule has 2 aliphatic heterocycles. The molecule has 3 N–H and O–H groups in total. The monoisotopic (exact) mass is 463 g/mol. The summed E-state index contributed by atoms with van der Waals surface area (Å²) < 4.78 is 11.4. The fourth-order valence-corrected chi connectivity index (χ4v) is 4.20. The molecule has 2 aliphatic rings. The molecule has 10 heteroatoms. The van der Waals surface area contributed by atoms with Gasteiger partial charge in [0, 0.05) is 23.0 Å². The third kappa shape index (κ3) is 3.97. The van der Waals surface area contributed by atoms with Crippen LogP contribution in [0.15, 0.2) is 47.3 Å². The van der Waals surface area contributed by atoms with Gasteiger partial charge in [-0.2, -0.15) is 10.2 Å². The number of carbonyl (C=O) groups is 1. The van der Waals surface area contributed by atoms with Crippen LogP contribution in [0.1, 0.15) is 23.5 Å². The Morgan fingerprint density at radius 2 is 1.94 bits per heavy atom. The van der Waals surface area contributed by atoms with Crippen molar-refractivity contribution >= 4 is 35.0 Å². The fourth-order valence-electron chi connectivity index (χ4n) is 4.01. The summed E-state index contributed by atoms with van der Waals surface area (Å²) in [5.41, 5.74) is 0.931. The summed E-state index contributed by atoms with van der Waals surface area (Å²) in [4.78, 5) is 33.0. The summed E-state index contributed by atoms with van der Waals surface area (Å²) in [5.74, 6) is -1.15. The third-order valence-electron chi connectivity index (χ3n) is 5.48. The first-order chi connectivity index (χ1) is 16.0. The number of amides is 1. The first-order valence-corrected chi connectivity index (χ1v) is 10.7. The van der Waals surface area contributed by atoms with Crippen LogP contribution in [0, 0.1) is 17.2 Å². The molecular weight excluding hydrogens is 446 g/mol. The topological polar surface area (TPSA) is 129 Å². The van der Waals surface area contributed by atoms with Gasteiger partial charge < -0.3 is 20.1 Å². The Morgan fingerprint density at radius 1 is 1.12 bits per heavy atom. The number of hydrogen-bond donors (Lipinski definition) is 3. The minimum Gasteiger partial charge on any atom is -0.490 e. The maximum absolute atomic E-state index is 13.2. The van der Waals surface area contributed by atoms with Crippen LogP contribution in [0.25, 0.3) is 0 Å². The van der Waals surface area contributed by atoms with E-state index in [1.54, 1.807) is 42.5 Å². The van der Waals surface area contributed by atoms with Crippen molar-refractivity contribution in [3.63, 3.8) is 0 Å². The minimum atomic E-state index is -1.11. The predicted octanol–water partition coefficient (Wildman–Crippen LogP) is 3.55. The largest absolute Gasteiger partial charge is 0.490 e. The average molecular weight is 464 g/mol. The molecular formula is C23H18ClN5O4. The molecule has 1 aromatic heterocycles. The van der Waals surface area contributed by atoms with Gasteiger partial charge in [-0.15, -0.1) is 0 Å². The van der Waals surface area contributed by atoms with E-state index in [1.807, 2.05) is 6.07 Å². The molecule has 0 spiro atoms. The summed E-state index contributed by atoms with van der Waals surface area (Å²) in [6.45, 7) is 1.02. The molecule has 166 valence electrons. The van der Waals surface area contributed by atoms with Gasteiger partial charge >= 0.3 is 0 Å². The fraction of sp³-hybridized carbons (Fsp3) is 0.217. The summed E-state index contributed by atoms with van der Waals surface area (Å²) in [6.07, 6.45) is 0.742. The van der Waals surface area contributed by atoms with Crippen LogP contribution in [-0.2, 0) is 4.79 Å². The van der Waals surface area contributed by atoms with Gasteiger partial charge in [0.15, 0.2) is 11.5 Å². The zero-order chi connectivity index (χ0) is 22.9. The van der Waals surface area contributed by atoms with E-state index < -0.39 is 23.3 Å². The van der Waals surface area contributed by atoms with E-state index in [2.05, 4.69) is 20.6 Å². The van der Waals surface area contributed by atoms with E-state index >= 15 is 0 Å². The Bertz CT molecular complexity index is 1350. The van der Waals surface area contributed by atoms with E-state index in [0.717, 1.165) is 6.42 Å². The maximum atomic E-state index is 13.2. The molecule has 3 heterocycles. The number of rotatable bonds is 3. The van der Waals surface area contributed by atoms with Crippen LogP contribution < -0.4 is 25.7 Å². The lowest BCUT2D eigenvalue weighted by atomic mass is 9.79. The van der Waals surface area contributed by atoms with Crippen LogP contribution >= 0.6 is 11.6 Å². The normalized spacial score (nSPS) is 19.0. The number of benzene rings is 2. The average Bonchev–Trinajstić information content (AvgIpc) is 3.03. The summed E-state index contributed by atoms with van der Waals surface area (Å²) in [6, 6.07) is 14.1. The molecule has 0 fully saturated rings. The number of anilines is 3. The number of H-pyrrole nitrogens is 1. The Morgan fingerprint density at radius 3 is 2.73 bits per heavy atom. The molecule has 33 heavy (non-hydrogen) atoms. The van der Waals surface area contributed by atoms with E-state index in [9.17, 15) is 14.9 Å². The van der Waals surface area contributed by atoms with Crippen LogP contribution in [0.4, 0.5) is 17.5 Å². The number of aromatic nitrogens is 2.